The smallest absolute Gasteiger partial charge is 0.235 e. The third-order valence-electron chi connectivity index (χ3n) is 4.74. The van der Waals surface area contributed by atoms with Crippen molar-refractivity contribution in [1.82, 2.24) is 29.7 Å². The van der Waals surface area contributed by atoms with Crippen LogP contribution in [-0.4, -0.2) is 48.9 Å². The number of anilines is 1. The molecule has 0 N–H and O–H groups in total. The Labute approximate surface area is 152 Å². The van der Waals surface area contributed by atoms with Crippen LogP contribution in [0.25, 0.3) is 11.0 Å². The highest BCUT2D eigenvalue weighted by Gasteiger charge is 2.25. The molecule has 3 aromatic heterocycles. The SMILES string of the molecule is Cc1cnc(C)c(OC2CCN(c3nc(C)nc4c3cnn4C)CC2)n1. The molecular formula is C18H23N7O. The van der Waals surface area contributed by atoms with Gasteiger partial charge in [0.2, 0.25) is 5.88 Å². The third kappa shape index (κ3) is 3.07. The van der Waals surface area contributed by atoms with Crippen molar-refractivity contribution in [3.05, 3.63) is 29.6 Å². The van der Waals surface area contributed by atoms with Gasteiger partial charge in [0, 0.05) is 39.2 Å². The molecule has 0 spiro atoms. The van der Waals surface area contributed by atoms with Crippen LogP contribution < -0.4 is 9.64 Å². The minimum absolute atomic E-state index is 0.147. The molecule has 0 saturated carbocycles. The number of ether oxygens (including phenoxy) is 1. The second kappa shape index (κ2) is 6.51. The summed E-state index contributed by atoms with van der Waals surface area (Å²) in [5.74, 6) is 2.38. The molecule has 0 aromatic carbocycles. The molecule has 1 aliphatic rings. The topological polar surface area (TPSA) is 81.9 Å². The van der Waals surface area contributed by atoms with Crippen LogP contribution in [0, 0.1) is 20.8 Å². The molecule has 4 heterocycles. The van der Waals surface area contributed by atoms with Crippen LogP contribution in [0.3, 0.4) is 0 Å². The van der Waals surface area contributed by atoms with E-state index < -0.39 is 0 Å². The number of aryl methyl sites for hydroxylation is 4. The van der Waals surface area contributed by atoms with E-state index in [1.54, 1.807) is 10.9 Å². The molecule has 3 aromatic rings. The summed E-state index contributed by atoms with van der Waals surface area (Å²) < 4.78 is 7.91. The monoisotopic (exact) mass is 353 g/mol. The van der Waals surface area contributed by atoms with E-state index in [9.17, 15) is 0 Å². The van der Waals surface area contributed by atoms with Crippen molar-refractivity contribution in [2.45, 2.75) is 39.7 Å². The summed E-state index contributed by atoms with van der Waals surface area (Å²) >= 11 is 0. The van der Waals surface area contributed by atoms with Crippen molar-refractivity contribution < 1.29 is 4.74 Å². The van der Waals surface area contributed by atoms with Gasteiger partial charge in [-0.15, -0.1) is 0 Å². The molecule has 0 atom stereocenters. The van der Waals surface area contributed by atoms with E-state index in [-0.39, 0.29) is 6.10 Å². The van der Waals surface area contributed by atoms with E-state index in [0.29, 0.717) is 5.88 Å². The van der Waals surface area contributed by atoms with Crippen molar-refractivity contribution in [3.8, 4) is 5.88 Å². The number of piperidine rings is 1. The maximum atomic E-state index is 6.12. The summed E-state index contributed by atoms with van der Waals surface area (Å²) in [4.78, 5) is 20.3. The lowest BCUT2D eigenvalue weighted by Gasteiger charge is -2.33. The maximum Gasteiger partial charge on any atom is 0.235 e. The van der Waals surface area contributed by atoms with Gasteiger partial charge in [-0.25, -0.2) is 15.0 Å². The summed E-state index contributed by atoms with van der Waals surface area (Å²) in [7, 11) is 1.91. The molecule has 0 aliphatic carbocycles. The van der Waals surface area contributed by atoms with Gasteiger partial charge in [0.05, 0.1) is 23.0 Å². The highest BCUT2D eigenvalue weighted by atomic mass is 16.5. The van der Waals surface area contributed by atoms with Crippen LogP contribution in [-0.2, 0) is 7.05 Å². The van der Waals surface area contributed by atoms with E-state index in [4.69, 9.17) is 4.74 Å². The first-order valence-corrected chi connectivity index (χ1v) is 8.89. The molecule has 26 heavy (non-hydrogen) atoms. The summed E-state index contributed by atoms with van der Waals surface area (Å²) in [5, 5.41) is 5.33. The predicted molar refractivity (Wildman–Crippen MR) is 98.4 cm³/mol. The molecule has 136 valence electrons. The average Bonchev–Trinajstić information content (AvgIpc) is 2.99. The van der Waals surface area contributed by atoms with Gasteiger partial charge < -0.3 is 9.64 Å². The maximum absolute atomic E-state index is 6.12. The van der Waals surface area contributed by atoms with E-state index in [0.717, 1.165) is 60.0 Å². The highest BCUT2D eigenvalue weighted by Crippen LogP contribution is 2.27. The van der Waals surface area contributed by atoms with Crippen molar-refractivity contribution >= 4 is 16.9 Å². The first-order valence-electron chi connectivity index (χ1n) is 8.89. The zero-order valence-electron chi connectivity index (χ0n) is 15.6. The lowest BCUT2D eigenvalue weighted by atomic mass is 10.1. The Morgan fingerprint density at radius 2 is 1.81 bits per heavy atom. The number of aromatic nitrogens is 6. The Balaban J connectivity index is 1.50. The Kier molecular flexibility index (Phi) is 4.18. The summed E-state index contributed by atoms with van der Waals surface area (Å²) in [6.45, 7) is 7.54. The Hall–Kier alpha value is -2.77. The predicted octanol–water partition coefficient (Wildman–Crippen LogP) is 2.13. The van der Waals surface area contributed by atoms with E-state index in [1.165, 1.54) is 0 Å². The fourth-order valence-electron chi connectivity index (χ4n) is 3.32. The van der Waals surface area contributed by atoms with Gasteiger partial charge in [-0.1, -0.05) is 0 Å². The molecule has 0 bridgehead atoms. The lowest BCUT2D eigenvalue weighted by molar-refractivity contribution is 0.161. The Bertz CT molecular complexity index is 944. The largest absolute Gasteiger partial charge is 0.473 e. The summed E-state index contributed by atoms with van der Waals surface area (Å²) in [5.41, 5.74) is 2.58. The number of nitrogens with zero attached hydrogens (tertiary/aromatic N) is 7. The molecule has 0 radical (unpaired) electrons. The quantitative estimate of drug-likeness (QED) is 0.713. The van der Waals surface area contributed by atoms with Crippen LogP contribution in [0.15, 0.2) is 12.4 Å². The minimum atomic E-state index is 0.147. The van der Waals surface area contributed by atoms with Gasteiger partial charge in [0.1, 0.15) is 17.7 Å². The first kappa shape index (κ1) is 16.7. The minimum Gasteiger partial charge on any atom is -0.473 e. The van der Waals surface area contributed by atoms with Gasteiger partial charge in [0.25, 0.3) is 0 Å². The standard InChI is InChI=1S/C18H23N7O/c1-11-9-19-12(2)18(21-11)26-14-5-7-25(8-6-14)17-15-10-20-24(4)16(15)22-13(3)23-17/h9-10,14H,5-8H2,1-4H3. The second-order valence-corrected chi connectivity index (χ2v) is 6.81. The molecule has 8 heteroatoms. The van der Waals surface area contributed by atoms with Crippen LogP contribution in [0.2, 0.25) is 0 Å². The second-order valence-electron chi connectivity index (χ2n) is 6.81. The van der Waals surface area contributed by atoms with Crippen molar-refractivity contribution in [1.29, 1.82) is 0 Å². The molecule has 0 unspecified atom stereocenters. The normalized spacial score (nSPS) is 15.6. The van der Waals surface area contributed by atoms with Crippen molar-refractivity contribution in [2.75, 3.05) is 18.0 Å². The van der Waals surface area contributed by atoms with Gasteiger partial charge >= 0.3 is 0 Å². The molecule has 4 rings (SSSR count). The van der Waals surface area contributed by atoms with Gasteiger partial charge in [0.15, 0.2) is 5.65 Å². The average molecular weight is 353 g/mol. The number of hydrogen-bond acceptors (Lipinski definition) is 7. The molecule has 8 nitrogen and oxygen atoms in total. The van der Waals surface area contributed by atoms with Crippen molar-refractivity contribution in [3.63, 3.8) is 0 Å². The van der Waals surface area contributed by atoms with Gasteiger partial charge in [-0.05, 0) is 20.8 Å². The van der Waals surface area contributed by atoms with E-state index in [2.05, 4.69) is 29.9 Å². The van der Waals surface area contributed by atoms with Gasteiger partial charge in [-0.2, -0.15) is 5.10 Å². The summed E-state index contributed by atoms with van der Waals surface area (Å²) in [6.07, 6.45) is 5.59. The number of rotatable bonds is 3. The lowest BCUT2D eigenvalue weighted by Crippen LogP contribution is -2.39. The van der Waals surface area contributed by atoms with Gasteiger partial charge in [-0.3, -0.25) is 9.67 Å². The summed E-state index contributed by atoms with van der Waals surface area (Å²) in [6, 6.07) is 0. The first-order chi connectivity index (χ1) is 12.5. The molecule has 1 fully saturated rings. The molecule has 1 aliphatic heterocycles. The molecule has 1 saturated heterocycles. The van der Waals surface area contributed by atoms with Crippen LogP contribution >= 0.6 is 0 Å². The van der Waals surface area contributed by atoms with Crippen LogP contribution in [0.5, 0.6) is 5.88 Å². The van der Waals surface area contributed by atoms with E-state index >= 15 is 0 Å². The molecule has 0 amide bonds. The zero-order chi connectivity index (χ0) is 18.3. The highest BCUT2D eigenvalue weighted by molar-refractivity contribution is 5.87. The Morgan fingerprint density at radius 1 is 1.04 bits per heavy atom. The van der Waals surface area contributed by atoms with E-state index in [1.807, 2.05) is 34.0 Å². The fraction of sp³-hybridized carbons (Fsp3) is 0.500. The Morgan fingerprint density at radius 3 is 2.58 bits per heavy atom. The zero-order valence-corrected chi connectivity index (χ0v) is 15.6. The molecular weight excluding hydrogens is 330 g/mol. The van der Waals surface area contributed by atoms with Crippen LogP contribution in [0.4, 0.5) is 5.82 Å². The third-order valence-corrected chi connectivity index (χ3v) is 4.74. The number of fused-ring (bicyclic) bond motifs is 1. The van der Waals surface area contributed by atoms with Crippen LogP contribution in [0.1, 0.15) is 30.1 Å². The fourth-order valence-corrected chi connectivity index (χ4v) is 3.32. The number of hydrogen-bond donors (Lipinski definition) is 0. The van der Waals surface area contributed by atoms with Crippen molar-refractivity contribution in [2.24, 2.45) is 7.05 Å².